The Kier molecular flexibility index (Phi) is 5.16. The molecule has 0 spiro atoms. The molecule has 0 N–H and O–H groups in total. The van der Waals surface area contributed by atoms with Crippen molar-refractivity contribution in [3.05, 3.63) is 23.5 Å². The third kappa shape index (κ3) is 3.90. The van der Waals surface area contributed by atoms with Gasteiger partial charge in [0, 0.05) is 23.5 Å². The van der Waals surface area contributed by atoms with Gasteiger partial charge in [0.2, 0.25) is 0 Å². The van der Waals surface area contributed by atoms with Crippen molar-refractivity contribution in [2.45, 2.75) is 46.5 Å². The third-order valence-corrected chi connectivity index (χ3v) is 2.34. The summed E-state index contributed by atoms with van der Waals surface area (Å²) in [5.41, 5.74) is 2.28. The van der Waals surface area contributed by atoms with Crippen LogP contribution in [0.4, 0.5) is 0 Å². The minimum atomic E-state index is 0.794. The first-order chi connectivity index (χ1) is 7.27. The third-order valence-electron chi connectivity index (χ3n) is 2.34. The minimum absolute atomic E-state index is 0.794. The Labute approximate surface area is 92.7 Å². The monoisotopic (exact) mass is 207 g/mol. The summed E-state index contributed by atoms with van der Waals surface area (Å²) in [5.74, 6) is 1.03. The van der Waals surface area contributed by atoms with Crippen molar-refractivity contribution >= 4 is 0 Å². The van der Waals surface area contributed by atoms with Crippen LogP contribution in [-0.4, -0.2) is 11.6 Å². The fourth-order valence-electron chi connectivity index (χ4n) is 1.46. The lowest BCUT2D eigenvalue weighted by Gasteiger charge is -2.10. The Balaban J connectivity index is 2.73. The number of hydrogen-bond acceptors (Lipinski definition) is 2. The van der Waals surface area contributed by atoms with Gasteiger partial charge >= 0.3 is 0 Å². The summed E-state index contributed by atoms with van der Waals surface area (Å²) in [5, 5.41) is 0. The van der Waals surface area contributed by atoms with Crippen LogP contribution >= 0.6 is 0 Å². The van der Waals surface area contributed by atoms with E-state index in [1.807, 2.05) is 19.2 Å². The molecule has 0 bridgehead atoms. The van der Waals surface area contributed by atoms with E-state index in [1.165, 1.54) is 18.4 Å². The predicted molar refractivity (Wildman–Crippen MR) is 63.4 cm³/mol. The highest BCUT2D eigenvalue weighted by atomic mass is 16.5. The van der Waals surface area contributed by atoms with Gasteiger partial charge in [0.15, 0.2) is 0 Å². The highest BCUT2D eigenvalue weighted by Crippen LogP contribution is 2.20. The molecule has 1 aromatic heterocycles. The molecule has 15 heavy (non-hydrogen) atoms. The highest BCUT2D eigenvalue weighted by molar-refractivity contribution is 5.32. The summed E-state index contributed by atoms with van der Waals surface area (Å²) in [4.78, 5) is 4.32. The first kappa shape index (κ1) is 12.0. The van der Waals surface area contributed by atoms with Gasteiger partial charge in [-0.15, -0.1) is 0 Å². The molecule has 2 heteroatoms. The lowest BCUT2D eigenvalue weighted by Crippen LogP contribution is -2.00. The number of unbranched alkanes of at least 4 members (excludes halogenated alkanes) is 1. The molecule has 0 radical (unpaired) electrons. The molecule has 0 aliphatic heterocycles. The molecule has 0 fully saturated rings. The van der Waals surface area contributed by atoms with E-state index in [0.717, 1.165) is 30.9 Å². The SMILES string of the molecule is CCCCc1cnc(C)cc1OCCC. The average molecular weight is 207 g/mol. The predicted octanol–water partition coefficient (Wildman–Crippen LogP) is 3.52. The Hall–Kier alpha value is -1.05. The highest BCUT2D eigenvalue weighted by Gasteiger charge is 2.04. The van der Waals surface area contributed by atoms with Crippen molar-refractivity contribution in [2.24, 2.45) is 0 Å². The molecule has 0 atom stereocenters. The molecule has 0 unspecified atom stereocenters. The molecule has 0 aliphatic carbocycles. The van der Waals surface area contributed by atoms with Crippen molar-refractivity contribution in [3.8, 4) is 5.75 Å². The van der Waals surface area contributed by atoms with E-state index in [4.69, 9.17) is 4.74 Å². The number of aromatic nitrogens is 1. The molecule has 0 saturated heterocycles. The zero-order valence-corrected chi connectivity index (χ0v) is 10.0. The van der Waals surface area contributed by atoms with Crippen LogP contribution in [0.25, 0.3) is 0 Å². The first-order valence-electron chi connectivity index (χ1n) is 5.86. The second-order valence-corrected chi connectivity index (χ2v) is 3.89. The van der Waals surface area contributed by atoms with E-state index in [-0.39, 0.29) is 0 Å². The van der Waals surface area contributed by atoms with Crippen LogP contribution < -0.4 is 4.74 Å². The van der Waals surface area contributed by atoms with Crippen LogP contribution in [0.3, 0.4) is 0 Å². The Morgan fingerprint density at radius 3 is 2.73 bits per heavy atom. The van der Waals surface area contributed by atoms with E-state index in [2.05, 4.69) is 18.8 Å². The summed E-state index contributed by atoms with van der Waals surface area (Å²) >= 11 is 0. The van der Waals surface area contributed by atoms with Crippen LogP contribution in [-0.2, 0) is 6.42 Å². The number of pyridine rings is 1. The Morgan fingerprint density at radius 2 is 2.07 bits per heavy atom. The van der Waals surface area contributed by atoms with Gasteiger partial charge in [-0.1, -0.05) is 20.3 Å². The van der Waals surface area contributed by atoms with Gasteiger partial charge < -0.3 is 4.74 Å². The molecule has 0 amide bonds. The zero-order chi connectivity index (χ0) is 11.1. The van der Waals surface area contributed by atoms with Crippen LogP contribution in [0.2, 0.25) is 0 Å². The van der Waals surface area contributed by atoms with E-state index in [9.17, 15) is 0 Å². The van der Waals surface area contributed by atoms with Crippen LogP contribution in [0.5, 0.6) is 5.75 Å². The quantitative estimate of drug-likeness (QED) is 0.712. The molecular weight excluding hydrogens is 186 g/mol. The van der Waals surface area contributed by atoms with Gasteiger partial charge in [0.05, 0.1) is 6.61 Å². The standard InChI is InChI=1S/C13H21NO/c1-4-6-7-12-10-14-11(3)9-13(12)15-8-5-2/h9-10H,4-8H2,1-3H3. The van der Waals surface area contributed by atoms with E-state index >= 15 is 0 Å². The fourth-order valence-corrected chi connectivity index (χ4v) is 1.46. The van der Waals surface area contributed by atoms with Crippen molar-refractivity contribution in [1.82, 2.24) is 4.98 Å². The average Bonchev–Trinajstić information content (AvgIpc) is 2.25. The van der Waals surface area contributed by atoms with Crippen LogP contribution in [0.1, 0.15) is 44.4 Å². The zero-order valence-electron chi connectivity index (χ0n) is 10.0. The maximum atomic E-state index is 5.72. The number of hydrogen-bond donors (Lipinski definition) is 0. The molecule has 2 nitrogen and oxygen atoms in total. The first-order valence-corrected chi connectivity index (χ1v) is 5.86. The van der Waals surface area contributed by atoms with Crippen molar-refractivity contribution in [1.29, 1.82) is 0 Å². The van der Waals surface area contributed by atoms with Crippen LogP contribution in [0.15, 0.2) is 12.3 Å². The van der Waals surface area contributed by atoms with Crippen LogP contribution in [0, 0.1) is 6.92 Å². The van der Waals surface area contributed by atoms with Gasteiger partial charge in [-0.25, -0.2) is 0 Å². The smallest absolute Gasteiger partial charge is 0.125 e. The summed E-state index contributed by atoms with van der Waals surface area (Å²) in [6.45, 7) is 7.12. The number of rotatable bonds is 6. The van der Waals surface area contributed by atoms with Gasteiger partial charge in [-0.05, 0) is 26.2 Å². The lowest BCUT2D eigenvalue weighted by atomic mass is 10.1. The van der Waals surface area contributed by atoms with E-state index in [0.29, 0.717) is 0 Å². The summed E-state index contributed by atoms with van der Waals surface area (Å²) in [7, 11) is 0. The van der Waals surface area contributed by atoms with Gasteiger partial charge in [-0.3, -0.25) is 4.98 Å². The lowest BCUT2D eigenvalue weighted by molar-refractivity contribution is 0.313. The van der Waals surface area contributed by atoms with Gasteiger partial charge in [0.1, 0.15) is 5.75 Å². The summed E-state index contributed by atoms with van der Waals surface area (Å²) < 4.78 is 5.72. The van der Waals surface area contributed by atoms with Crippen molar-refractivity contribution in [3.63, 3.8) is 0 Å². The van der Waals surface area contributed by atoms with E-state index < -0.39 is 0 Å². The molecule has 0 aromatic carbocycles. The normalized spacial score (nSPS) is 10.3. The molecule has 1 heterocycles. The molecule has 0 aliphatic rings. The second-order valence-electron chi connectivity index (χ2n) is 3.89. The number of aryl methyl sites for hydroxylation is 2. The van der Waals surface area contributed by atoms with E-state index in [1.54, 1.807) is 0 Å². The van der Waals surface area contributed by atoms with Crippen molar-refractivity contribution in [2.75, 3.05) is 6.61 Å². The molecule has 84 valence electrons. The second kappa shape index (κ2) is 6.44. The number of nitrogens with zero attached hydrogens (tertiary/aromatic N) is 1. The molecule has 1 aromatic rings. The van der Waals surface area contributed by atoms with Gasteiger partial charge in [-0.2, -0.15) is 0 Å². The van der Waals surface area contributed by atoms with Gasteiger partial charge in [0.25, 0.3) is 0 Å². The molecule has 0 saturated carbocycles. The summed E-state index contributed by atoms with van der Waals surface area (Å²) in [6.07, 6.45) is 6.49. The largest absolute Gasteiger partial charge is 0.493 e. The number of ether oxygens (including phenoxy) is 1. The topological polar surface area (TPSA) is 22.1 Å². The Morgan fingerprint density at radius 1 is 1.27 bits per heavy atom. The Bertz CT molecular complexity index is 297. The van der Waals surface area contributed by atoms with Crippen molar-refractivity contribution < 1.29 is 4.74 Å². The fraction of sp³-hybridized carbons (Fsp3) is 0.615. The molecule has 1 rings (SSSR count). The maximum Gasteiger partial charge on any atom is 0.125 e. The maximum absolute atomic E-state index is 5.72. The minimum Gasteiger partial charge on any atom is -0.493 e. The molecular formula is C13H21NO. The summed E-state index contributed by atoms with van der Waals surface area (Å²) in [6, 6.07) is 2.04.